The molecular formula is C21H33N3O3S. The van der Waals surface area contributed by atoms with Crippen LogP contribution in [0.1, 0.15) is 32.6 Å². The first-order chi connectivity index (χ1) is 13.8. The van der Waals surface area contributed by atoms with Gasteiger partial charge in [-0.05, 0) is 44.7 Å². The summed E-state index contributed by atoms with van der Waals surface area (Å²) in [6.45, 7) is 6.94. The second-order valence-corrected chi connectivity index (χ2v) is 8.82. The Balaban J connectivity index is 1.43. The van der Waals surface area contributed by atoms with Crippen LogP contribution in [0, 0.1) is 0 Å². The fourth-order valence-electron chi connectivity index (χ4n) is 3.60. The molecule has 2 saturated heterocycles. The molecule has 2 atom stereocenters. The predicted octanol–water partition coefficient (Wildman–Crippen LogP) is 2.42. The van der Waals surface area contributed by atoms with Crippen molar-refractivity contribution in [2.24, 2.45) is 4.99 Å². The number of benzene rings is 1. The number of aliphatic imine (C=N–C) groups is 1. The third-order valence-electron chi connectivity index (χ3n) is 5.16. The summed E-state index contributed by atoms with van der Waals surface area (Å²) in [5.74, 6) is 1.46. The van der Waals surface area contributed by atoms with Crippen LogP contribution in [0.25, 0.3) is 0 Å². The van der Waals surface area contributed by atoms with Gasteiger partial charge in [0, 0.05) is 36.9 Å². The summed E-state index contributed by atoms with van der Waals surface area (Å²) >= 11 is 0. The van der Waals surface area contributed by atoms with Gasteiger partial charge in [0.15, 0.2) is 5.96 Å². The van der Waals surface area contributed by atoms with Crippen LogP contribution < -0.4 is 5.32 Å². The molecule has 0 aliphatic carbocycles. The zero-order chi connectivity index (χ0) is 19.6. The molecule has 0 bridgehead atoms. The molecule has 0 aromatic heterocycles. The number of hydrogen-bond acceptors (Lipinski definition) is 4. The van der Waals surface area contributed by atoms with Crippen molar-refractivity contribution in [1.82, 2.24) is 10.2 Å². The van der Waals surface area contributed by atoms with Crippen molar-refractivity contribution in [3.8, 4) is 0 Å². The molecule has 6 nitrogen and oxygen atoms in total. The second-order valence-electron chi connectivity index (χ2n) is 7.25. The zero-order valence-corrected chi connectivity index (χ0v) is 17.7. The maximum absolute atomic E-state index is 12.4. The average Bonchev–Trinajstić information content (AvgIpc) is 3.26. The number of piperidine rings is 1. The molecule has 0 spiro atoms. The molecule has 2 aliphatic heterocycles. The van der Waals surface area contributed by atoms with Crippen LogP contribution in [0.3, 0.4) is 0 Å². The van der Waals surface area contributed by atoms with Crippen LogP contribution in [0.5, 0.6) is 0 Å². The zero-order valence-electron chi connectivity index (χ0n) is 16.8. The standard InChI is InChI=1S/C21H33N3O3S/c1-2-22-21(23-12-16-28(25)20-8-4-3-5-9-20)24-13-10-18(11-14-24)27-17-19-7-6-15-26-19/h3-5,8-9,18-19H,2,6-7,10-17H2,1H3,(H,22,23). The van der Waals surface area contributed by atoms with E-state index in [0.717, 1.165) is 69.4 Å². The van der Waals surface area contributed by atoms with E-state index < -0.39 is 10.8 Å². The predicted molar refractivity (Wildman–Crippen MR) is 113 cm³/mol. The SMILES string of the molecule is CCNC(=NCCS(=O)c1ccccc1)N1CCC(OCC2CCCO2)CC1. The van der Waals surface area contributed by atoms with Crippen LogP contribution >= 0.6 is 0 Å². The lowest BCUT2D eigenvalue weighted by Crippen LogP contribution is -2.47. The summed E-state index contributed by atoms with van der Waals surface area (Å²) in [6, 6.07) is 9.60. The van der Waals surface area contributed by atoms with E-state index >= 15 is 0 Å². The van der Waals surface area contributed by atoms with Gasteiger partial charge in [-0.25, -0.2) is 0 Å². The number of nitrogens with one attached hydrogen (secondary N) is 1. The van der Waals surface area contributed by atoms with Gasteiger partial charge in [-0.15, -0.1) is 0 Å². The summed E-state index contributed by atoms with van der Waals surface area (Å²) < 4.78 is 24.1. The molecule has 156 valence electrons. The molecule has 1 N–H and O–H groups in total. The minimum atomic E-state index is -1.00. The smallest absolute Gasteiger partial charge is 0.193 e. The number of rotatable bonds is 8. The molecular weight excluding hydrogens is 374 g/mol. The van der Waals surface area contributed by atoms with E-state index in [2.05, 4.69) is 17.1 Å². The van der Waals surface area contributed by atoms with Crippen molar-refractivity contribution in [2.45, 2.75) is 49.7 Å². The van der Waals surface area contributed by atoms with Crippen molar-refractivity contribution < 1.29 is 13.7 Å². The maximum Gasteiger partial charge on any atom is 0.193 e. The second kappa shape index (κ2) is 11.5. The normalized spacial score (nSPS) is 22.4. The minimum Gasteiger partial charge on any atom is -0.376 e. The molecule has 2 fully saturated rings. The Morgan fingerprint density at radius 3 is 2.75 bits per heavy atom. The van der Waals surface area contributed by atoms with Gasteiger partial charge in [0.05, 0.1) is 36.2 Å². The first-order valence-electron chi connectivity index (χ1n) is 10.5. The van der Waals surface area contributed by atoms with Crippen LogP contribution in [0.15, 0.2) is 40.2 Å². The number of hydrogen-bond donors (Lipinski definition) is 1. The van der Waals surface area contributed by atoms with E-state index in [9.17, 15) is 4.21 Å². The quantitative estimate of drug-likeness (QED) is 0.530. The highest BCUT2D eigenvalue weighted by atomic mass is 32.2. The van der Waals surface area contributed by atoms with Crippen LogP contribution in [0.2, 0.25) is 0 Å². The highest BCUT2D eigenvalue weighted by Gasteiger charge is 2.24. The topological polar surface area (TPSA) is 63.2 Å². The summed E-state index contributed by atoms with van der Waals surface area (Å²) in [5.41, 5.74) is 0. The Morgan fingerprint density at radius 2 is 2.07 bits per heavy atom. The Morgan fingerprint density at radius 1 is 1.29 bits per heavy atom. The highest BCUT2D eigenvalue weighted by Crippen LogP contribution is 2.18. The first kappa shape index (κ1) is 21.3. The van der Waals surface area contributed by atoms with E-state index in [0.29, 0.717) is 24.5 Å². The van der Waals surface area contributed by atoms with Gasteiger partial charge in [0.2, 0.25) is 0 Å². The lowest BCUT2D eigenvalue weighted by Gasteiger charge is -2.34. The van der Waals surface area contributed by atoms with Crippen LogP contribution in [0.4, 0.5) is 0 Å². The molecule has 28 heavy (non-hydrogen) atoms. The Hall–Kier alpha value is -1.44. The van der Waals surface area contributed by atoms with Crippen LogP contribution in [-0.2, 0) is 20.3 Å². The van der Waals surface area contributed by atoms with Gasteiger partial charge >= 0.3 is 0 Å². The van der Waals surface area contributed by atoms with Gasteiger partial charge in [0.25, 0.3) is 0 Å². The summed E-state index contributed by atoms with van der Waals surface area (Å²) in [7, 11) is -1.00. The third-order valence-corrected chi connectivity index (χ3v) is 6.51. The van der Waals surface area contributed by atoms with Crippen molar-refractivity contribution >= 4 is 16.8 Å². The van der Waals surface area contributed by atoms with Crippen molar-refractivity contribution in [1.29, 1.82) is 0 Å². The molecule has 1 aromatic carbocycles. The number of guanidine groups is 1. The summed E-state index contributed by atoms with van der Waals surface area (Å²) in [6.07, 6.45) is 4.90. The molecule has 2 heterocycles. The monoisotopic (exact) mass is 407 g/mol. The number of likely N-dealkylation sites (tertiary alicyclic amines) is 1. The van der Waals surface area contributed by atoms with E-state index in [-0.39, 0.29) is 0 Å². The average molecular weight is 408 g/mol. The summed E-state index contributed by atoms with van der Waals surface area (Å²) in [5, 5.41) is 3.37. The molecule has 0 saturated carbocycles. The Labute approximate surface area is 171 Å². The fourth-order valence-corrected chi connectivity index (χ4v) is 4.56. The Bertz CT molecular complexity index is 627. The molecule has 7 heteroatoms. The minimum absolute atomic E-state index is 0.294. The number of nitrogens with zero attached hydrogens (tertiary/aromatic N) is 2. The van der Waals surface area contributed by atoms with Gasteiger partial charge in [0.1, 0.15) is 0 Å². The summed E-state index contributed by atoms with van der Waals surface area (Å²) in [4.78, 5) is 7.87. The number of ether oxygens (including phenoxy) is 2. The van der Waals surface area contributed by atoms with Gasteiger partial charge in [-0.3, -0.25) is 9.20 Å². The van der Waals surface area contributed by atoms with Crippen molar-refractivity contribution in [3.63, 3.8) is 0 Å². The first-order valence-corrected chi connectivity index (χ1v) is 11.8. The largest absolute Gasteiger partial charge is 0.376 e. The van der Waals surface area contributed by atoms with Gasteiger partial charge < -0.3 is 19.7 Å². The van der Waals surface area contributed by atoms with E-state index in [1.54, 1.807) is 0 Å². The van der Waals surface area contributed by atoms with Gasteiger partial charge in [-0.2, -0.15) is 0 Å². The van der Waals surface area contributed by atoms with Crippen molar-refractivity contribution in [2.75, 3.05) is 45.1 Å². The lowest BCUT2D eigenvalue weighted by atomic mass is 10.1. The lowest BCUT2D eigenvalue weighted by molar-refractivity contribution is -0.0367. The van der Waals surface area contributed by atoms with E-state index in [1.807, 2.05) is 30.3 Å². The molecule has 1 aromatic rings. The third kappa shape index (κ3) is 6.57. The molecule has 0 amide bonds. The van der Waals surface area contributed by atoms with E-state index in [1.165, 1.54) is 0 Å². The Kier molecular flexibility index (Phi) is 8.76. The molecule has 2 unspecified atom stereocenters. The molecule has 3 rings (SSSR count). The maximum atomic E-state index is 12.4. The van der Waals surface area contributed by atoms with E-state index in [4.69, 9.17) is 14.5 Å². The van der Waals surface area contributed by atoms with Gasteiger partial charge in [-0.1, -0.05) is 18.2 Å². The highest BCUT2D eigenvalue weighted by molar-refractivity contribution is 7.85. The van der Waals surface area contributed by atoms with Crippen LogP contribution in [-0.4, -0.2) is 72.4 Å². The molecule has 0 radical (unpaired) electrons. The fraction of sp³-hybridized carbons (Fsp3) is 0.667. The molecule has 2 aliphatic rings. The van der Waals surface area contributed by atoms with Crippen molar-refractivity contribution in [3.05, 3.63) is 30.3 Å².